The lowest BCUT2D eigenvalue weighted by atomic mass is 9.83. The molecule has 0 amide bonds. The average Bonchev–Trinajstić information content (AvgIpc) is 1.49. The summed E-state index contributed by atoms with van der Waals surface area (Å²) in [6.45, 7) is 24.6. The summed E-state index contributed by atoms with van der Waals surface area (Å²) in [5.41, 5.74) is 42.2. The van der Waals surface area contributed by atoms with E-state index in [9.17, 15) is 0 Å². The zero-order valence-corrected chi connectivity index (χ0v) is 80.4. The lowest BCUT2D eigenvalue weighted by Gasteiger charge is -2.33. The number of ether oxygens (including phenoxy) is 3. The number of fused-ring (bicyclic) bond motifs is 21. The van der Waals surface area contributed by atoms with Crippen LogP contribution in [0, 0.1) is 76.2 Å². The van der Waals surface area contributed by atoms with Crippen molar-refractivity contribution in [1.29, 1.82) is 0 Å². The van der Waals surface area contributed by atoms with Gasteiger partial charge >= 0.3 is 17.0 Å². The van der Waals surface area contributed by atoms with Gasteiger partial charge in [0.1, 0.15) is 84.8 Å². The molecule has 678 valence electrons. The topological polar surface area (TPSA) is 119 Å². The predicted molar refractivity (Wildman–Crippen MR) is 554 cm³/mol. The minimum atomic E-state index is -0.717. The molecule has 0 radical (unpaired) electrons. The zero-order valence-electron chi connectivity index (χ0n) is 80.4. The summed E-state index contributed by atoms with van der Waals surface area (Å²) in [4.78, 5) is 15.0. The van der Waals surface area contributed by atoms with Crippen molar-refractivity contribution < 1.29 is 42.0 Å². The van der Waals surface area contributed by atoms with Crippen molar-refractivity contribution in [1.82, 2.24) is 42.7 Å². The molecular formula is C125H91N15O3+6. The number of para-hydroxylation sites is 3. The molecule has 3 spiro atoms. The molecule has 18 heteroatoms. The highest BCUT2D eigenvalue weighted by Crippen LogP contribution is 2.62. The highest BCUT2D eigenvalue weighted by Gasteiger charge is 2.74. The molecule has 9 aliphatic rings. The van der Waals surface area contributed by atoms with Gasteiger partial charge in [-0.15, -0.1) is 14.0 Å². The van der Waals surface area contributed by atoms with Gasteiger partial charge in [-0.05, 0) is 253 Å². The maximum Gasteiger partial charge on any atom is 0.397 e. The van der Waals surface area contributed by atoms with Crippen LogP contribution in [0.15, 0.2) is 353 Å². The van der Waals surface area contributed by atoms with Crippen LogP contribution < -0.4 is 42.0 Å². The number of pyridine rings is 6. The van der Waals surface area contributed by atoms with Crippen molar-refractivity contribution in [3.63, 3.8) is 0 Å². The molecule has 3 unspecified atom stereocenters. The van der Waals surface area contributed by atoms with E-state index in [0.717, 1.165) is 142 Å². The molecule has 0 N–H and O–H groups in total. The van der Waals surface area contributed by atoms with E-state index in [2.05, 4.69) is 471 Å². The minimum Gasteiger partial charge on any atom is -0.456 e. The molecule has 24 aromatic rings. The fraction of sp³-hybridized carbons (Fsp3) is 0.112. The van der Waals surface area contributed by atoms with Gasteiger partial charge in [-0.3, -0.25) is 15.0 Å². The third-order valence-electron chi connectivity index (χ3n) is 32.6. The highest BCUT2D eigenvalue weighted by molar-refractivity contribution is 6.14. The molecule has 3 atom stereocenters. The number of rotatable bonds is 6. The van der Waals surface area contributed by atoms with E-state index in [1.165, 1.54) is 155 Å². The number of aromatic nitrogens is 15. The van der Waals surface area contributed by atoms with Crippen LogP contribution in [0.25, 0.3) is 167 Å². The summed E-state index contributed by atoms with van der Waals surface area (Å²) in [5.74, 6) is 8.72. The quantitative estimate of drug-likeness (QED) is 0.153. The Bertz CT molecular complexity index is 9580. The van der Waals surface area contributed by atoms with Gasteiger partial charge in [-0.1, -0.05) is 154 Å². The first kappa shape index (κ1) is 80.0. The second-order valence-electron chi connectivity index (χ2n) is 39.7. The summed E-state index contributed by atoms with van der Waals surface area (Å²) >= 11 is 0. The molecule has 0 saturated heterocycles. The van der Waals surface area contributed by atoms with Gasteiger partial charge in [-0.2, -0.15) is 27.4 Å². The average molecular weight is 1850 g/mol. The van der Waals surface area contributed by atoms with Crippen LogP contribution in [0.3, 0.4) is 0 Å². The van der Waals surface area contributed by atoms with Crippen LogP contribution in [-0.2, 0) is 17.0 Å². The van der Waals surface area contributed by atoms with Crippen molar-refractivity contribution in [3.8, 4) is 136 Å². The third-order valence-corrected chi connectivity index (χ3v) is 32.6. The Kier molecular flexibility index (Phi) is 15.6. The summed E-state index contributed by atoms with van der Waals surface area (Å²) in [5, 5.41) is 7.42. The maximum absolute atomic E-state index is 6.87. The molecule has 0 bridgehead atoms. The van der Waals surface area contributed by atoms with E-state index in [-0.39, 0.29) is 0 Å². The summed E-state index contributed by atoms with van der Waals surface area (Å²) in [7, 11) is 0. The van der Waals surface area contributed by atoms with E-state index >= 15 is 0 Å². The Balaban J connectivity index is 0.0000000981. The molecule has 12 aromatic heterocycles. The zero-order chi connectivity index (χ0) is 95.3. The van der Waals surface area contributed by atoms with Gasteiger partial charge in [0.15, 0.2) is 33.2 Å². The Hall–Kier alpha value is -18.0. The highest BCUT2D eigenvalue weighted by atomic mass is 16.5. The summed E-state index contributed by atoms with van der Waals surface area (Å²) in [6.07, 6.45) is 10.6. The number of hydrogen-bond donors (Lipinski definition) is 0. The van der Waals surface area contributed by atoms with E-state index in [1.54, 1.807) is 0 Å². The number of nitrogens with zero attached hydrogens (tertiary/aromatic N) is 15. The summed E-state index contributed by atoms with van der Waals surface area (Å²) < 4.78 is 50.2. The second kappa shape index (κ2) is 28.0. The predicted octanol–water partition coefficient (Wildman–Crippen LogP) is 24.1. The largest absolute Gasteiger partial charge is 0.456 e. The van der Waals surface area contributed by atoms with Crippen LogP contribution >= 0.6 is 0 Å². The Morgan fingerprint density at radius 3 is 1.06 bits per heavy atom. The van der Waals surface area contributed by atoms with E-state index in [1.807, 2.05) is 18.5 Å². The number of aryl methyl sites for hydroxylation is 5. The molecule has 0 fully saturated rings. The first-order valence-electron chi connectivity index (χ1n) is 49.3. The third kappa shape index (κ3) is 9.61. The van der Waals surface area contributed by atoms with Crippen LogP contribution in [0.1, 0.15) is 95.5 Å². The number of hydrogen-bond acceptors (Lipinski definition) is 6. The van der Waals surface area contributed by atoms with Crippen molar-refractivity contribution in [3.05, 3.63) is 448 Å². The van der Waals surface area contributed by atoms with Crippen LogP contribution in [-0.4, -0.2) is 42.7 Å². The Morgan fingerprint density at radius 2 is 0.636 bits per heavy atom. The summed E-state index contributed by atoms with van der Waals surface area (Å²) in [6, 6.07) is 115. The van der Waals surface area contributed by atoms with E-state index in [4.69, 9.17) is 24.2 Å². The van der Waals surface area contributed by atoms with E-state index < -0.39 is 17.0 Å². The van der Waals surface area contributed by atoms with Gasteiger partial charge in [0.25, 0.3) is 17.5 Å². The maximum atomic E-state index is 6.87. The Morgan fingerprint density at radius 1 is 0.266 bits per heavy atom. The molecule has 33 rings (SSSR count). The molecule has 143 heavy (non-hydrogen) atoms. The monoisotopic (exact) mass is 1850 g/mol. The smallest absolute Gasteiger partial charge is 0.397 e. The van der Waals surface area contributed by atoms with Gasteiger partial charge in [0, 0.05) is 112 Å². The minimum absolute atomic E-state index is 0.706. The fourth-order valence-electron chi connectivity index (χ4n) is 27.6. The van der Waals surface area contributed by atoms with Crippen LogP contribution in [0.4, 0.5) is 0 Å². The normalized spacial score (nSPS) is 16.2. The van der Waals surface area contributed by atoms with Crippen molar-refractivity contribution in [2.24, 2.45) is 0 Å². The van der Waals surface area contributed by atoms with Crippen LogP contribution in [0.5, 0.6) is 34.5 Å². The molecule has 18 nitrogen and oxygen atoms in total. The van der Waals surface area contributed by atoms with Crippen LogP contribution in [0.2, 0.25) is 0 Å². The molecule has 0 aliphatic carbocycles. The number of benzene rings is 12. The second-order valence-corrected chi connectivity index (χ2v) is 39.7. The van der Waals surface area contributed by atoms with Crippen molar-refractivity contribution in [2.75, 3.05) is 0 Å². The van der Waals surface area contributed by atoms with Gasteiger partial charge in [0.2, 0.25) is 17.1 Å². The molecule has 12 aromatic carbocycles. The SMILES string of the molecule is Cc1cc(-c2ccccc2)cnc1-c1c(C)n2[n+](c1C)C13c4c(cccc4-2)Oc2ccc4c5ccccc5n(c4c21)-c1cccc[n+]13.Cc1cc(-c2ccccc2)nc(C)c1-c1c(C)n2[n+](c1C)C13c4c(cccc4-2)Oc2ccc4c5ccccc5n(c4c21)-c1cccc[n+]13.Cc1cc(-c2ccccn2)cc(C)c1-c1c(C)n2[n+](c1C)C13c4c(cccc4-2)Oc2ccc4c5ccccc5n(c4c21)-c1cccc[n+]13. The van der Waals surface area contributed by atoms with Gasteiger partial charge in [-0.25, -0.2) is 0 Å². The first-order chi connectivity index (χ1) is 70.1. The molecular weight excluding hydrogens is 1760 g/mol. The van der Waals surface area contributed by atoms with Gasteiger partial charge < -0.3 is 14.2 Å². The van der Waals surface area contributed by atoms with Gasteiger partial charge in [0.05, 0.1) is 69.4 Å². The standard InChI is InChI=1S/2C42H31N5O.C41H29N5O/c1-24-22-28(31-13-7-9-20-43-31)23-25(2)37(24)38-26(3)46-33-15-11-16-34-39(33)42(47(46)27(38)4)40-35(48-34)19-18-30-29-12-5-6-14-32(29)45(41(30)40)36-17-8-10-21-44(36)42;1-24-23-31(28-13-6-5-7-14-28)43-25(2)37(24)38-26(3)46-33-17-12-18-34-39(33)42(47(46)27(38)4)40-35(48-34)21-20-30-29-15-8-9-16-32(29)45(41(30)40)36-19-10-11-22-44(36)42;1-24-22-28(27-12-5-4-6-13-27)23-42-39(24)36-25(2)45-32-16-11-17-33-37(32)41(46(45)26(36)3)38-34(47-33)20-19-30-29-14-7-8-15-31(29)44(40(30)38)35-18-9-10-21-43(35)41/h2*5-23H,1-4H3;4-23H,1-3H3/q3*+2. The first-order valence-corrected chi connectivity index (χ1v) is 49.3. The Labute approximate surface area is 822 Å². The van der Waals surface area contributed by atoms with Crippen molar-refractivity contribution in [2.45, 2.75) is 93.1 Å². The van der Waals surface area contributed by atoms with E-state index in [0.29, 0.717) is 0 Å². The fourth-order valence-corrected chi connectivity index (χ4v) is 27.6. The molecule has 9 aliphatic heterocycles. The molecule has 21 heterocycles. The molecule has 0 saturated carbocycles. The lowest BCUT2D eigenvalue weighted by molar-refractivity contribution is -0.996. The lowest BCUT2D eigenvalue weighted by Crippen LogP contribution is -2.77. The van der Waals surface area contributed by atoms with Crippen molar-refractivity contribution >= 4 is 65.4 Å².